The fourth-order valence-electron chi connectivity index (χ4n) is 2.24. The molecule has 0 amide bonds. The average molecular weight is 273 g/mol. The summed E-state index contributed by atoms with van der Waals surface area (Å²) in [6.07, 6.45) is 2.38. The molecular formula is C15H19N3O2. The Morgan fingerprint density at radius 1 is 1.30 bits per heavy atom. The van der Waals surface area contributed by atoms with E-state index in [0.29, 0.717) is 18.8 Å². The Morgan fingerprint density at radius 3 is 2.65 bits per heavy atom. The highest BCUT2D eigenvalue weighted by molar-refractivity contribution is 5.88. The Morgan fingerprint density at radius 2 is 2.00 bits per heavy atom. The smallest absolute Gasteiger partial charge is 0.339 e. The molecule has 0 unspecified atom stereocenters. The molecule has 2 N–H and O–H groups in total. The predicted octanol–water partition coefficient (Wildman–Crippen LogP) is 1.97. The molecule has 5 nitrogen and oxygen atoms in total. The second-order valence-electron chi connectivity index (χ2n) is 4.66. The van der Waals surface area contributed by atoms with E-state index in [9.17, 15) is 4.79 Å². The predicted molar refractivity (Wildman–Crippen MR) is 76.5 cm³/mol. The van der Waals surface area contributed by atoms with Crippen LogP contribution in [0.1, 0.15) is 34.1 Å². The van der Waals surface area contributed by atoms with Gasteiger partial charge in [0.1, 0.15) is 5.56 Å². The average Bonchev–Trinajstić information content (AvgIpc) is 2.81. The topological polar surface area (TPSA) is 67.2 Å². The van der Waals surface area contributed by atoms with Gasteiger partial charge < -0.3 is 10.4 Å². The second kappa shape index (κ2) is 6.34. The quantitative estimate of drug-likeness (QED) is 0.844. The van der Waals surface area contributed by atoms with Gasteiger partial charge in [-0.05, 0) is 17.5 Å². The van der Waals surface area contributed by atoms with E-state index in [1.165, 1.54) is 17.3 Å². The molecule has 1 aromatic heterocycles. The number of benzene rings is 1. The van der Waals surface area contributed by atoms with E-state index < -0.39 is 5.97 Å². The lowest BCUT2D eigenvalue weighted by atomic mass is 10.1. The van der Waals surface area contributed by atoms with Gasteiger partial charge in [-0.2, -0.15) is 5.10 Å². The van der Waals surface area contributed by atoms with Crippen LogP contribution >= 0.6 is 0 Å². The van der Waals surface area contributed by atoms with Gasteiger partial charge in [-0.1, -0.05) is 31.2 Å². The molecule has 0 fully saturated rings. The van der Waals surface area contributed by atoms with Crippen molar-refractivity contribution in [1.82, 2.24) is 15.1 Å². The molecule has 20 heavy (non-hydrogen) atoms. The highest BCUT2D eigenvalue weighted by atomic mass is 16.4. The van der Waals surface area contributed by atoms with E-state index in [1.807, 2.05) is 12.1 Å². The third-order valence-corrected chi connectivity index (χ3v) is 3.40. The van der Waals surface area contributed by atoms with Crippen molar-refractivity contribution in [2.24, 2.45) is 7.05 Å². The number of carbonyl (C=O) groups is 1. The highest BCUT2D eigenvalue weighted by Gasteiger charge is 2.14. The Kier molecular flexibility index (Phi) is 4.53. The van der Waals surface area contributed by atoms with Crippen LogP contribution in [0.5, 0.6) is 0 Å². The van der Waals surface area contributed by atoms with E-state index in [4.69, 9.17) is 5.11 Å². The molecule has 0 saturated heterocycles. The van der Waals surface area contributed by atoms with Crippen molar-refractivity contribution < 1.29 is 9.90 Å². The number of carboxylic acids is 1. The lowest BCUT2D eigenvalue weighted by Gasteiger charge is -2.10. The zero-order valence-electron chi connectivity index (χ0n) is 11.8. The van der Waals surface area contributed by atoms with E-state index in [-0.39, 0.29) is 5.56 Å². The van der Waals surface area contributed by atoms with Gasteiger partial charge >= 0.3 is 5.97 Å². The van der Waals surface area contributed by atoms with Crippen molar-refractivity contribution in [2.75, 3.05) is 0 Å². The summed E-state index contributed by atoms with van der Waals surface area (Å²) < 4.78 is 1.60. The lowest BCUT2D eigenvalue weighted by molar-refractivity contribution is 0.0695. The molecule has 1 aromatic carbocycles. The Hall–Kier alpha value is -2.14. The Balaban J connectivity index is 2.03. The van der Waals surface area contributed by atoms with Crippen molar-refractivity contribution in [2.45, 2.75) is 26.4 Å². The molecule has 0 aliphatic carbocycles. The van der Waals surface area contributed by atoms with E-state index >= 15 is 0 Å². The standard InChI is InChI=1S/C15H19N3O2/c1-3-11-6-4-5-7-12(11)8-16-10-14-13(15(19)20)9-17-18(14)2/h4-7,9,16H,3,8,10H2,1-2H3,(H,19,20). The number of nitrogens with zero attached hydrogens (tertiary/aromatic N) is 2. The van der Waals surface area contributed by atoms with E-state index in [0.717, 1.165) is 6.42 Å². The first-order chi connectivity index (χ1) is 9.63. The van der Waals surface area contributed by atoms with Gasteiger partial charge in [0.25, 0.3) is 0 Å². The third kappa shape index (κ3) is 3.05. The molecular weight excluding hydrogens is 254 g/mol. The number of hydrogen-bond donors (Lipinski definition) is 2. The Bertz CT molecular complexity index is 605. The normalized spacial score (nSPS) is 10.7. The first-order valence-corrected chi connectivity index (χ1v) is 6.65. The molecule has 5 heteroatoms. The number of aromatic carboxylic acids is 1. The second-order valence-corrected chi connectivity index (χ2v) is 4.66. The maximum atomic E-state index is 11.1. The first kappa shape index (κ1) is 14.3. The lowest BCUT2D eigenvalue weighted by Crippen LogP contribution is -2.18. The van der Waals surface area contributed by atoms with Crippen LogP contribution in [0.25, 0.3) is 0 Å². The van der Waals surface area contributed by atoms with Crippen LogP contribution in [0.3, 0.4) is 0 Å². The van der Waals surface area contributed by atoms with E-state index in [1.54, 1.807) is 11.7 Å². The number of carboxylic acid groups (broad SMARTS) is 1. The molecule has 0 aliphatic heterocycles. The van der Waals surface area contributed by atoms with Gasteiger partial charge in [0.2, 0.25) is 0 Å². The number of aryl methyl sites for hydroxylation is 2. The molecule has 0 spiro atoms. The summed E-state index contributed by atoms with van der Waals surface area (Å²) in [6, 6.07) is 8.26. The zero-order chi connectivity index (χ0) is 14.5. The molecule has 1 heterocycles. The zero-order valence-corrected chi connectivity index (χ0v) is 11.8. The molecule has 0 saturated carbocycles. The fraction of sp³-hybridized carbons (Fsp3) is 0.333. The summed E-state index contributed by atoms with van der Waals surface area (Å²) >= 11 is 0. The third-order valence-electron chi connectivity index (χ3n) is 3.40. The van der Waals surface area contributed by atoms with Gasteiger partial charge in [0.05, 0.1) is 11.9 Å². The van der Waals surface area contributed by atoms with Gasteiger partial charge in [0.15, 0.2) is 0 Å². The minimum atomic E-state index is -0.941. The van der Waals surface area contributed by atoms with Crippen LogP contribution in [0.2, 0.25) is 0 Å². The highest BCUT2D eigenvalue weighted by Crippen LogP contribution is 2.11. The maximum absolute atomic E-state index is 11.1. The maximum Gasteiger partial charge on any atom is 0.339 e. The van der Waals surface area contributed by atoms with E-state index in [2.05, 4.69) is 29.5 Å². The van der Waals surface area contributed by atoms with Crippen molar-refractivity contribution in [3.05, 3.63) is 52.8 Å². The molecule has 0 aliphatic rings. The first-order valence-electron chi connectivity index (χ1n) is 6.65. The van der Waals surface area contributed by atoms with Gasteiger partial charge in [-0.15, -0.1) is 0 Å². The fourth-order valence-corrected chi connectivity index (χ4v) is 2.24. The van der Waals surface area contributed by atoms with Crippen molar-refractivity contribution in [3.8, 4) is 0 Å². The summed E-state index contributed by atoms with van der Waals surface area (Å²) in [5, 5.41) is 16.4. The summed E-state index contributed by atoms with van der Waals surface area (Å²) in [5.41, 5.74) is 3.49. The van der Waals surface area contributed by atoms with Crippen LogP contribution in [0.15, 0.2) is 30.5 Å². The number of hydrogen-bond acceptors (Lipinski definition) is 3. The number of aromatic nitrogens is 2. The number of rotatable bonds is 6. The number of nitrogens with one attached hydrogen (secondary N) is 1. The summed E-state index contributed by atoms with van der Waals surface area (Å²) in [5.74, 6) is -0.941. The van der Waals surface area contributed by atoms with Crippen LogP contribution in [-0.4, -0.2) is 20.9 Å². The molecule has 0 radical (unpaired) electrons. The van der Waals surface area contributed by atoms with Gasteiger partial charge in [-0.3, -0.25) is 4.68 Å². The minimum absolute atomic E-state index is 0.253. The van der Waals surface area contributed by atoms with Crippen molar-refractivity contribution >= 4 is 5.97 Å². The summed E-state index contributed by atoms with van der Waals surface area (Å²) in [7, 11) is 1.75. The largest absolute Gasteiger partial charge is 0.478 e. The summed E-state index contributed by atoms with van der Waals surface area (Å²) in [4.78, 5) is 11.1. The van der Waals surface area contributed by atoms with Crippen LogP contribution in [0.4, 0.5) is 0 Å². The van der Waals surface area contributed by atoms with Crippen molar-refractivity contribution in [3.63, 3.8) is 0 Å². The molecule has 2 aromatic rings. The minimum Gasteiger partial charge on any atom is -0.478 e. The SMILES string of the molecule is CCc1ccccc1CNCc1c(C(=O)O)cnn1C. The van der Waals surface area contributed by atoms with Crippen LogP contribution < -0.4 is 5.32 Å². The van der Waals surface area contributed by atoms with Crippen LogP contribution in [0, 0.1) is 0 Å². The van der Waals surface area contributed by atoms with Crippen molar-refractivity contribution in [1.29, 1.82) is 0 Å². The monoisotopic (exact) mass is 273 g/mol. The molecule has 106 valence electrons. The van der Waals surface area contributed by atoms with Crippen LogP contribution in [-0.2, 0) is 26.6 Å². The van der Waals surface area contributed by atoms with Gasteiger partial charge in [-0.25, -0.2) is 4.79 Å². The molecule has 0 bridgehead atoms. The van der Waals surface area contributed by atoms with Gasteiger partial charge in [0, 0.05) is 20.1 Å². The molecule has 2 rings (SSSR count). The summed E-state index contributed by atoms with van der Waals surface area (Å²) in [6.45, 7) is 3.33. The molecule has 0 atom stereocenters. The Labute approximate surface area is 118 Å².